The highest BCUT2D eigenvalue weighted by Gasteiger charge is 2.27. The number of aromatic nitrogens is 1. The predicted molar refractivity (Wildman–Crippen MR) is 92.5 cm³/mol. The zero-order valence-corrected chi connectivity index (χ0v) is 14.4. The van der Waals surface area contributed by atoms with Crippen molar-refractivity contribution < 1.29 is 13.2 Å². The number of amides is 1. The van der Waals surface area contributed by atoms with E-state index in [-0.39, 0.29) is 16.5 Å². The van der Waals surface area contributed by atoms with Gasteiger partial charge in [0.25, 0.3) is 5.91 Å². The van der Waals surface area contributed by atoms with Crippen LogP contribution in [0.15, 0.2) is 41.4 Å². The number of piperidine rings is 1. The Labute approximate surface area is 141 Å². The number of hydrogen-bond acceptors (Lipinski definition) is 3. The third-order valence-electron chi connectivity index (χ3n) is 4.13. The van der Waals surface area contributed by atoms with Crippen molar-refractivity contribution in [3.63, 3.8) is 0 Å². The van der Waals surface area contributed by atoms with Crippen molar-refractivity contribution in [2.45, 2.75) is 31.1 Å². The lowest BCUT2D eigenvalue weighted by Gasteiger charge is -2.25. The zero-order chi connectivity index (χ0) is 17.2. The number of hydrogen-bond donors (Lipinski definition) is 2. The van der Waals surface area contributed by atoms with Crippen LogP contribution in [0.4, 0.5) is 5.69 Å². The molecule has 1 aliphatic rings. The van der Waals surface area contributed by atoms with Gasteiger partial charge in [-0.1, -0.05) is 18.6 Å². The van der Waals surface area contributed by atoms with Gasteiger partial charge in [0, 0.05) is 25.0 Å². The van der Waals surface area contributed by atoms with E-state index in [0.29, 0.717) is 18.8 Å². The molecule has 0 unspecified atom stereocenters. The summed E-state index contributed by atoms with van der Waals surface area (Å²) in [4.78, 5) is 15.2. The number of sulfonamides is 1. The van der Waals surface area contributed by atoms with Crippen molar-refractivity contribution in [3.05, 3.63) is 47.8 Å². The number of aromatic amines is 1. The Morgan fingerprint density at radius 2 is 1.92 bits per heavy atom. The van der Waals surface area contributed by atoms with Crippen LogP contribution in [0.2, 0.25) is 0 Å². The summed E-state index contributed by atoms with van der Waals surface area (Å²) in [5, 5.41) is 2.76. The topological polar surface area (TPSA) is 82.3 Å². The van der Waals surface area contributed by atoms with Gasteiger partial charge in [-0.2, -0.15) is 4.31 Å². The first-order chi connectivity index (χ1) is 11.5. The molecule has 0 aliphatic carbocycles. The van der Waals surface area contributed by atoms with E-state index in [0.717, 1.165) is 24.8 Å². The molecular weight excluding hydrogens is 326 g/mol. The van der Waals surface area contributed by atoms with Crippen LogP contribution in [0.3, 0.4) is 0 Å². The molecular formula is C17H21N3O3S. The number of nitrogens with one attached hydrogen (secondary N) is 2. The van der Waals surface area contributed by atoms with E-state index in [1.54, 1.807) is 6.07 Å². The largest absolute Gasteiger partial charge is 0.356 e. The summed E-state index contributed by atoms with van der Waals surface area (Å²) in [6.45, 7) is 3.02. The number of benzene rings is 1. The molecule has 2 heterocycles. The second-order valence-corrected chi connectivity index (χ2v) is 7.98. The fraction of sp³-hybridized carbons (Fsp3) is 0.353. The van der Waals surface area contributed by atoms with Gasteiger partial charge in [-0.3, -0.25) is 4.79 Å². The first kappa shape index (κ1) is 16.7. The van der Waals surface area contributed by atoms with Crippen molar-refractivity contribution >= 4 is 21.6 Å². The van der Waals surface area contributed by atoms with Crippen molar-refractivity contribution in [3.8, 4) is 0 Å². The van der Waals surface area contributed by atoms with Gasteiger partial charge in [-0.25, -0.2) is 8.42 Å². The highest BCUT2D eigenvalue weighted by Crippen LogP contribution is 2.21. The van der Waals surface area contributed by atoms with E-state index < -0.39 is 10.0 Å². The van der Waals surface area contributed by atoms with Crippen LogP contribution in [0, 0.1) is 6.92 Å². The van der Waals surface area contributed by atoms with Crippen molar-refractivity contribution in [1.29, 1.82) is 0 Å². The molecule has 24 heavy (non-hydrogen) atoms. The summed E-state index contributed by atoms with van der Waals surface area (Å²) in [6, 6.07) is 8.83. The van der Waals surface area contributed by atoms with E-state index in [2.05, 4.69) is 10.3 Å². The molecule has 0 spiro atoms. The first-order valence-electron chi connectivity index (χ1n) is 8.03. The lowest BCUT2D eigenvalue weighted by molar-refractivity contribution is 0.102. The molecule has 1 aromatic heterocycles. The summed E-state index contributed by atoms with van der Waals surface area (Å²) in [5.41, 5.74) is 1.94. The Balaban J connectivity index is 1.76. The van der Waals surface area contributed by atoms with Crippen molar-refractivity contribution in [2.24, 2.45) is 0 Å². The fourth-order valence-corrected chi connectivity index (χ4v) is 4.34. The molecule has 0 atom stereocenters. The maximum absolute atomic E-state index is 12.6. The molecule has 0 radical (unpaired) electrons. The minimum atomic E-state index is -3.53. The molecule has 1 fully saturated rings. The Morgan fingerprint density at radius 1 is 1.17 bits per heavy atom. The molecule has 2 aromatic rings. The number of aryl methyl sites for hydroxylation is 1. The molecule has 1 aliphatic heterocycles. The third kappa shape index (κ3) is 3.52. The normalized spacial score (nSPS) is 16.0. The van der Waals surface area contributed by atoms with Gasteiger partial charge in [0.1, 0.15) is 10.6 Å². The zero-order valence-electron chi connectivity index (χ0n) is 13.6. The van der Waals surface area contributed by atoms with Crippen LogP contribution in [0.5, 0.6) is 0 Å². The van der Waals surface area contributed by atoms with Gasteiger partial charge >= 0.3 is 0 Å². The molecule has 128 valence electrons. The molecule has 6 nitrogen and oxygen atoms in total. The minimum Gasteiger partial charge on any atom is -0.356 e. The second-order valence-electron chi connectivity index (χ2n) is 6.04. The summed E-state index contributed by atoms with van der Waals surface area (Å²) >= 11 is 0. The van der Waals surface area contributed by atoms with E-state index in [1.807, 2.05) is 25.1 Å². The lowest BCUT2D eigenvalue weighted by Crippen LogP contribution is -2.35. The van der Waals surface area contributed by atoms with Crippen molar-refractivity contribution in [2.75, 3.05) is 18.4 Å². The van der Waals surface area contributed by atoms with E-state index in [4.69, 9.17) is 0 Å². The Kier molecular flexibility index (Phi) is 4.73. The molecule has 2 N–H and O–H groups in total. The van der Waals surface area contributed by atoms with Gasteiger partial charge in [-0.05, 0) is 43.5 Å². The Morgan fingerprint density at radius 3 is 2.62 bits per heavy atom. The summed E-state index contributed by atoms with van der Waals surface area (Å²) in [6.07, 6.45) is 4.20. The predicted octanol–water partition coefficient (Wildman–Crippen LogP) is 2.75. The third-order valence-corrected chi connectivity index (χ3v) is 6.01. The molecule has 0 saturated carbocycles. The number of anilines is 1. The highest BCUT2D eigenvalue weighted by atomic mass is 32.2. The maximum Gasteiger partial charge on any atom is 0.272 e. The number of carbonyl (C=O) groups is 1. The minimum absolute atomic E-state index is 0.138. The first-order valence-corrected chi connectivity index (χ1v) is 9.47. The van der Waals surface area contributed by atoms with Crippen LogP contribution in [0.1, 0.15) is 35.3 Å². The SMILES string of the molecule is Cc1cccc(NC(=O)c2cc(S(=O)(=O)N3CCCCC3)c[nH]2)c1. The molecule has 1 aromatic carbocycles. The summed E-state index contributed by atoms with van der Waals surface area (Å²) in [5.74, 6) is -0.360. The van der Waals surface area contributed by atoms with Crippen LogP contribution < -0.4 is 5.32 Å². The number of H-pyrrole nitrogens is 1. The van der Waals surface area contributed by atoms with E-state index in [1.165, 1.54) is 16.6 Å². The monoisotopic (exact) mass is 347 g/mol. The van der Waals surface area contributed by atoms with Crippen LogP contribution in [-0.4, -0.2) is 36.7 Å². The standard InChI is InChI=1S/C17H21N3O3S/c1-13-6-5-7-14(10-13)19-17(21)16-11-15(12-18-16)24(22,23)20-8-3-2-4-9-20/h5-7,10-12,18H,2-4,8-9H2,1H3,(H,19,21). The molecule has 1 amide bonds. The average Bonchev–Trinajstić information content (AvgIpc) is 3.07. The number of carbonyl (C=O) groups excluding carboxylic acids is 1. The summed E-state index contributed by atoms with van der Waals surface area (Å²) < 4.78 is 26.7. The van der Waals surface area contributed by atoms with E-state index >= 15 is 0 Å². The van der Waals surface area contributed by atoms with Gasteiger partial charge in [0.2, 0.25) is 10.0 Å². The van der Waals surface area contributed by atoms with Crippen LogP contribution >= 0.6 is 0 Å². The molecule has 1 saturated heterocycles. The van der Waals surface area contributed by atoms with Crippen LogP contribution in [-0.2, 0) is 10.0 Å². The fourth-order valence-electron chi connectivity index (χ4n) is 2.83. The van der Waals surface area contributed by atoms with E-state index in [9.17, 15) is 13.2 Å². The number of nitrogens with zero attached hydrogens (tertiary/aromatic N) is 1. The van der Waals surface area contributed by atoms with Gasteiger partial charge in [-0.15, -0.1) is 0 Å². The second kappa shape index (κ2) is 6.78. The Hall–Kier alpha value is -2.12. The molecule has 3 rings (SSSR count). The quantitative estimate of drug-likeness (QED) is 0.892. The van der Waals surface area contributed by atoms with Crippen molar-refractivity contribution in [1.82, 2.24) is 9.29 Å². The molecule has 0 bridgehead atoms. The smallest absolute Gasteiger partial charge is 0.272 e. The molecule has 7 heteroatoms. The Bertz CT molecular complexity index is 836. The number of rotatable bonds is 4. The summed E-state index contributed by atoms with van der Waals surface area (Å²) in [7, 11) is -3.53. The van der Waals surface area contributed by atoms with Gasteiger partial charge in [0.05, 0.1) is 0 Å². The highest BCUT2D eigenvalue weighted by molar-refractivity contribution is 7.89. The van der Waals surface area contributed by atoms with Crippen LogP contribution in [0.25, 0.3) is 0 Å². The maximum atomic E-state index is 12.6. The van der Waals surface area contributed by atoms with Gasteiger partial charge in [0.15, 0.2) is 0 Å². The lowest BCUT2D eigenvalue weighted by atomic mass is 10.2. The van der Waals surface area contributed by atoms with Gasteiger partial charge < -0.3 is 10.3 Å². The average molecular weight is 347 g/mol.